The van der Waals surface area contributed by atoms with E-state index in [1.54, 1.807) is 36.2 Å². The first kappa shape index (κ1) is 18.8. The Bertz CT molecular complexity index is 811. The van der Waals surface area contributed by atoms with Gasteiger partial charge >= 0.3 is 0 Å². The molecule has 0 unspecified atom stereocenters. The Balaban J connectivity index is 2.02. The summed E-state index contributed by atoms with van der Waals surface area (Å²) in [5, 5.41) is 8.57. The van der Waals surface area contributed by atoms with Gasteiger partial charge in [-0.05, 0) is 35.9 Å². The number of benzene rings is 1. The monoisotopic (exact) mass is 376 g/mol. The van der Waals surface area contributed by atoms with E-state index < -0.39 is 0 Å². The van der Waals surface area contributed by atoms with Crippen LogP contribution in [-0.4, -0.2) is 31.6 Å². The van der Waals surface area contributed by atoms with Crippen LogP contribution in [0.4, 0.5) is 0 Å². The first-order valence-electron chi connectivity index (χ1n) is 7.38. The second-order valence-electron chi connectivity index (χ2n) is 5.09. The second-order valence-corrected chi connectivity index (χ2v) is 6.89. The van der Waals surface area contributed by atoms with Gasteiger partial charge in [-0.15, -0.1) is 11.3 Å². The quantitative estimate of drug-likeness (QED) is 0.685. The maximum atomic E-state index is 12.2. The van der Waals surface area contributed by atoms with Crippen molar-refractivity contribution in [1.29, 1.82) is 5.26 Å². The maximum absolute atomic E-state index is 12.2. The summed E-state index contributed by atoms with van der Waals surface area (Å²) in [4.78, 5) is 14.8. The van der Waals surface area contributed by atoms with Gasteiger partial charge in [-0.2, -0.15) is 5.26 Å². The van der Waals surface area contributed by atoms with Gasteiger partial charge in [0, 0.05) is 18.0 Å². The number of amides is 1. The van der Waals surface area contributed by atoms with E-state index in [0.717, 1.165) is 10.4 Å². The summed E-state index contributed by atoms with van der Waals surface area (Å²) in [5.41, 5.74) is 0.794. The molecule has 0 aliphatic heterocycles. The summed E-state index contributed by atoms with van der Waals surface area (Å²) in [6.45, 7) is 0.451. The molecule has 0 fully saturated rings. The Kier molecular flexibility index (Phi) is 6.87. The number of rotatable bonds is 7. The molecule has 7 heteroatoms. The number of methoxy groups -OCH3 is 1. The van der Waals surface area contributed by atoms with E-state index in [2.05, 4.69) is 0 Å². The molecule has 0 bridgehead atoms. The Morgan fingerprint density at radius 2 is 2.16 bits per heavy atom. The summed E-state index contributed by atoms with van der Waals surface area (Å²) in [6, 6.07) is 10.9. The van der Waals surface area contributed by atoms with Crippen LogP contribution in [0.3, 0.4) is 0 Å². The minimum Gasteiger partial charge on any atom is -0.493 e. The van der Waals surface area contributed by atoms with E-state index in [1.807, 2.05) is 18.2 Å². The minimum absolute atomic E-state index is 0.0540. The molecular formula is C18H17ClN2O3S. The van der Waals surface area contributed by atoms with Crippen molar-refractivity contribution in [3.63, 3.8) is 0 Å². The van der Waals surface area contributed by atoms with E-state index in [1.165, 1.54) is 24.5 Å². The Morgan fingerprint density at radius 3 is 2.80 bits per heavy atom. The van der Waals surface area contributed by atoms with Gasteiger partial charge in [-0.25, -0.2) is 0 Å². The topological polar surface area (TPSA) is 62.6 Å². The van der Waals surface area contributed by atoms with E-state index in [-0.39, 0.29) is 12.5 Å². The van der Waals surface area contributed by atoms with Gasteiger partial charge in [-0.3, -0.25) is 4.79 Å². The van der Waals surface area contributed by atoms with Crippen molar-refractivity contribution >= 4 is 34.9 Å². The number of ether oxygens (including phenoxy) is 2. The first-order valence-corrected chi connectivity index (χ1v) is 8.58. The van der Waals surface area contributed by atoms with Crippen LogP contribution in [0.2, 0.25) is 4.34 Å². The molecule has 2 aromatic rings. The van der Waals surface area contributed by atoms with Crippen LogP contribution in [0.1, 0.15) is 10.4 Å². The number of carbonyl (C=O) groups is 1. The van der Waals surface area contributed by atoms with Crippen molar-refractivity contribution in [2.45, 2.75) is 6.54 Å². The smallest absolute Gasteiger partial charge is 0.246 e. The molecule has 5 nitrogen and oxygen atoms in total. The third-order valence-corrected chi connectivity index (χ3v) is 4.51. The summed E-state index contributed by atoms with van der Waals surface area (Å²) in [7, 11) is 3.26. The lowest BCUT2D eigenvalue weighted by Crippen LogP contribution is -2.23. The van der Waals surface area contributed by atoms with Crippen molar-refractivity contribution in [1.82, 2.24) is 4.90 Å². The number of hydrogen-bond donors (Lipinski definition) is 0. The highest BCUT2D eigenvalue weighted by Crippen LogP contribution is 2.28. The Morgan fingerprint density at radius 1 is 1.36 bits per heavy atom. The predicted octanol–water partition coefficient (Wildman–Crippen LogP) is 3.98. The largest absolute Gasteiger partial charge is 0.493 e. The van der Waals surface area contributed by atoms with Gasteiger partial charge in [0.1, 0.15) is 6.07 Å². The molecule has 0 atom stereocenters. The zero-order chi connectivity index (χ0) is 18.2. The number of halogens is 1. The summed E-state index contributed by atoms with van der Waals surface area (Å²) in [5.74, 6) is 0.874. The molecule has 0 spiro atoms. The van der Waals surface area contributed by atoms with Crippen LogP contribution in [0.15, 0.2) is 36.4 Å². The van der Waals surface area contributed by atoms with Gasteiger partial charge in [0.05, 0.1) is 18.0 Å². The standard InChI is InChI=1S/C18H17ClN2O3S/c1-21(12-14-5-7-17(19)25-14)18(22)8-4-13-3-6-15(24-10-9-20)16(11-13)23-2/h3-8,11H,10,12H2,1-2H3/b8-4+. The van der Waals surface area contributed by atoms with Crippen molar-refractivity contribution in [3.8, 4) is 17.6 Å². The van der Waals surface area contributed by atoms with Crippen molar-refractivity contribution in [3.05, 3.63) is 51.2 Å². The number of carbonyl (C=O) groups excluding carboxylic acids is 1. The molecule has 0 saturated heterocycles. The number of nitrogens with zero attached hydrogens (tertiary/aromatic N) is 2. The molecular weight excluding hydrogens is 360 g/mol. The summed E-state index contributed by atoms with van der Waals surface area (Å²) < 4.78 is 11.2. The highest BCUT2D eigenvalue weighted by atomic mass is 35.5. The summed E-state index contributed by atoms with van der Waals surface area (Å²) in [6.07, 6.45) is 3.20. The minimum atomic E-state index is -0.117. The zero-order valence-electron chi connectivity index (χ0n) is 13.9. The molecule has 0 aliphatic carbocycles. The van der Waals surface area contributed by atoms with E-state index >= 15 is 0 Å². The van der Waals surface area contributed by atoms with E-state index in [0.29, 0.717) is 22.4 Å². The molecule has 0 N–H and O–H groups in total. The molecule has 1 aromatic carbocycles. The fourth-order valence-corrected chi connectivity index (χ4v) is 3.20. The van der Waals surface area contributed by atoms with Gasteiger partial charge in [-0.1, -0.05) is 17.7 Å². The van der Waals surface area contributed by atoms with Gasteiger partial charge < -0.3 is 14.4 Å². The molecule has 0 radical (unpaired) electrons. The van der Waals surface area contributed by atoms with E-state index in [4.69, 9.17) is 26.3 Å². The molecule has 25 heavy (non-hydrogen) atoms. The normalized spacial score (nSPS) is 10.5. The third-order valence-electron chi connectivity index (χ3n) is 3.30. The van der Waals surface area contributed by atoms with Crippen LogP contribution in [0.5, 0.6) is 11.5 Å². The van der Waals surface area contributed by atoms with Crippen LogP contribution in [0.25, 0.3) is 6.08 Å². The summed E-state index contributed by atoms with van der Waals surface area (Å²) >= 11 is 7.35. The number of nitriles is 1. The lowest BCUT2D eigenvalue weighted by Gasteiger charge is -2.13. The molecule has 0 saturated carbocycles. The van der Waals surface area contributed by atoms with Gasteiger partial charge in [0.25, 0.3) is 0 Å². The SMILES string of the molecule is COc1cc(/C=C/C(=O)N(C)Cc2ccc(Cl)s2)ccc1OCC#N. The Labute approximate surface area is 155 Å². The number of thiophene rings is 1. The molecule has 130 valence electrons. The fraction of sp³-hybridized carbons (Fsp3) is 0.222. The van der Waals surface area contributed by atoms with Crippen LogP contribution < -0.4 is 9.47 Å². The molecule has 1 heterocycles. The number of hydrogen-bond acceptors (Lipinski definition) is 5. The van der Waals surface area contributed by atoms with Crippen molar-refractivity contribution < 1.29 is 14.3 Å². The lowest BCUT2D eigenvalue weighted by molar-refractivity contribution is -0.125. The fourth-order valence-electron chi connectivity index (χ4n) is 2.06. The molecule has 1 aromatic heterocycles. The average Bonchev–Trinajstić information content (AvgIpc) is 3.02. The zero-order valence-corrected chi connectivity index (χ0v) is 15.4. The van der Waals surface area contributed by atoms with Crippen molar-refractivity contribution in [2.24, 2.45) is 0 Å². The molecule has 2 rings (SSSR count). The van der Waals surface area contributed by atoms with Crippen LogP contribution >= 0.6 is 22.9 Å². The van der Waals surface area contributed by atoms with Crippen LogP contribution in [-0.2, 0) is 11.3 Å². The number of likely N-dealkylation sites (N-methyl/N-ethyl adjacent to an activating group) is 1. The second kappa shape index (κ2) is 9.11. The highest BCUT2D eigenvalue weighted by molar-refractivity contribution is 7.16. The third kappa shape index (κ3) is 5.52. The highest BCUT2D eigenvalue weighted by Gasteiger charge is 2.08. The van der Waals surface area contributed by atoms with Gasteiger partial charge in [0.2, 0.25) is 5.91 Å². The van der Waals surface area contributed by atoms with Gasteiger partial charge in [0.15, 0.2) is 18.1 Å². The molecule has 0 aliphatic rings. The predicted molar refractivity (Wildman–Crippen MR) is 98.9 cm³/mol. The van der Waals surface area contributed by atoms with Crippen LogP contribution in [0, 0.1) is 11.3 Å². The lowest BCUT2D eigenvalue weighted by atomic mass is 10.2. The van der Waals surface area contributed by atoms with Crippen molar-refractivity contribution in [2.75, 3.05) is 20.8 Å². The Hall–Kier alpha value is -2.49. The first-order chi connectivity index (χ1) is 12.0. The molecule has 1 amide bonds. The average molecular weight is 377 g/mol. The van der Waals surface area contributed by atoms with E-state index in [9.17, 15) is 4.79 Å². The maximum Gasteiger partial charge on any atom is 0.246 e.